The fraction of sp³-hybridized carbons (Fsp3) is 1.00. The van der Waals surface area contributed by atoms with E-state index in [0.29, 0.717) is 27.1 Å². The molecular formula is C30H52. The van der Waals surface area contributed by atoms with E-state index in [4.69, 9.17) is 0 Å². The maximum Gasteiger partial charge on any atom is -0.0259 e. The summed E-state index contributed by atoms with van der Waals surface area (Å²) in [7, 11) is 0. The van der Waals surface area contributed by atoms with Crippen molar-refractivity contribution >= 4 is 0 Å². The first-order chi connectivity index (χ1) is 13.9. The van der Waals surface area contributed by atoms with E-state index in [2.05, 4.69) is 55.4 Å². The van der Waals surface area contributed by atoms with Crippen LogP contribution in [0.25, 0.3) is 0 Å². The van der Waals surface area contributed by atoms with Gasteiger partial charge in [0.1, 0.15) is 0 Å². The summed E-state index contributed by atoms with van der Waals surface area (Å²) in [5.74, 6) is 5.75. The van der Waals surface area contributed by atoms with Crippen LogP contribution in [0.4, 0.5) is 0 Å². The first kappa shape index (κ1) is 21.8. The number of hydrogen-bond donors (Lipinski definition) is 0. The van der Waals surface area contributed by atoms with Crippen LogP contribution in [0.3, 0.4) is 0 Å². The highest BCUT2D eigenvalue weighted by Crippen LogP contribution is 2.76. The highest BCUT2D eigenvalue weighted by Gasteiger charge is 2.68. The molecule has 0 radical (unpaired) electrons. The van der Waals surface area contributed by atoms with Gasteiger partial charge in [0.25, 0.3) is 0 Å². The van der Waals surface area contributed by atoms with Crippen molar-refractivity contribution in [3.63, 3.8) is 0 Å². The molecule has 0 aromatic carbocycles. The monoisotopic (exact) mass is 412 g/mol. The third-order valence-corrected chi connectivity index (χ3v) is 13.4. The highest BCUT2D eigenvalue weighted by atomic mass is 14.7. The Hall–Kier alpha value is 0. The zero-order valence-corrected chi connectivity index (χ0v) is 21.7. The molecule has 0 aromatic heterocycles. The molecular weight excluding hydrogens is 360 g/mol. The molecule has 0 nitrogen and oxygen atoms in total. The SMILES string of the molecule is CC(C)[C@H]1CC[C@H]2[C@]3(C)CC[C@H]4[C@@](C)(CC[C@H]5C(C)(C)CCC[C@]45C)[C@H]3CC[C@@]21C. The van der Waals surface area contributed by atoms with Gasteiger partial charge in [0, 0.05) is 0 Å². The Bertz CT molecular complexity index is 688. The molecule has 0 heterocycles. The normalized spacial score (nSPS) is 57.3. The van der Waals surface area contributed by atoms with Gasteiger partial charge in [-0.2, -0.15) is 0 Å². The smallest absolute Gasteiger partial charge is 0.0259 e. The quantitative estimate of drug-likeness (QED) is 0.402. The summed E-state index contributed by atoms with van der Waals surface area (Å²) < 4.78 is 0. The molecule has 5 saturated carbocycles. The zero-order valence-electron chi connectivity index (χ0n) is 21.7. The van der Waals surface area contributed by atoms with Gasteiger partial charge >= 0.3 is 0 Å². The van der Waals surface area contributed by atoms with Crippen LogP contribution in [0.2, 0.25) is 0 Å². The van der Waals surface area contributed by atoms with E-state index in [-0.39, 0.29) is 0 Å². The lowest BCUT2D eigenvalue weighted by molar-refractivity contribution is -0.224. The molecule has 9 atom stereocenters. The molecule has 5 aliphatic rings. The summed E-state index contributed by atoms with van der Waals surface area (Å²) in [4.78, 5) is 0. The van der Waals surface area contributed by atoms with Crippen LogP contribution in [0.5, 0.6) is 0 Å². The van der Waals surface area contributed by atoms with Crippen molar-refractivity contribution in [2.45, 2.75) is 126 Å². The van der Waals surface area contributed by atoms with Crippen LogP contribution in [0, 0.1) is 62.6 Å². The van der Waals surface area contributed by atoms with Crippen molar-refractivity contribution in [1.29, 1.82) is 0 Å². The molecule has 0 saturated heterocycles. The van der Waals surface area contributed by atoms with Crippen molar-refractivity contribution in [2.24, 2.45) is 62.6 Å². The van der Waals surface area contributed by atoms with Gasteiger partial charge in [-0.05, 0) is 127 Å². The molecule has 0 aliphatic heterocycles. The average molecular weight is 413 g/mol. The van der Waals surface area contributed by atoms with Gasteiger partial charge in [-0.3, -0.25) is 0 Å². The zero-order chi connectivity index (χ0) is 21.7. The molecule has 5 aliphatic carbocycles. The molecule has 0 aromatic rings. The Labute approximate surface area is 188 Å². The lowest BCUT2D eigenvalue weighted by Gasteiger charge is -2.71. The van der Waals surface area contributed by atoms with E-state index in [1.807, 2.05) is 0 Å². The molecule has 0 bridgehead atoms. The Morgan fingerprint density at radius 3 is 1.53 bits per heavy atom. The van der Waals surface area contributed by atoms with E-state index >= 15 is 0 Å². The molecule has 0 N–H and O–H groups in total. The summed E-state index contributed by atoms with van der Waals surface area (Å²) in [5, 5.41) is 0. The minimum Gasteiger partial charge on any atom is -0.0625 e. The van der Waals surface area contributed by atoms with Crippen molar-refractivity contribution in [3.8, 4) is 0 Å². The van der Waals surface area contributed by atoms with Crippen molar-refractivity contribution in [3.05, 3.63) is 0 Å². The maximum absolute atomic E-state index is 2.81. The second kappa shape index (κ2) is 6.53. The molecule has 30 heavy (non-hydrogen) atoms. The van der Waals surface area contributed by atoms with Gasteiger partial charge in [-0.1, -0.05) is 61.8 Å². The number of fused-ring (bicyclic) bond motifs is 7. The van der Waals surface area contributed by atoms with E-state index in [9.17, 15) is 0 Å². The van der Waals surface area contributed by atoms with Crippen LogP contribution in [0.15, 0.2) is 0 Å². The Morgan fingerprint density at radius 2 is 0.967 bits per heavy atom. The minimum atomic E-state index is 0.566. The molecule has 0 spiro atoms. The maximum atomic E-state index is 2.81. The van der Waals surface area contributed by atoms with E-state index in [1.165, 1.54) is 70.6 Å². The Balaban J connectivity index is 1.50. The standard InChI is InChI=1S/C30H52/c1-20(2)21-10-11-23-27(21,5)17-13-25-29(23,7)19-14-24-28(6)16-9-15-26(3,4)22(28)12-18-30(24,25)8/h20-25H,9-19H2,1-8H3/t21-,22+,23-,24-,25+,27-,28+,29+,30-/m1/s1. The summed E-state index contributed by atoms with van der Waals surface area (Å²) >= 11 is 0. The third-order valence-electron chi connectivity index (χ3n) is 13.4. The lowest BCUT2D eigenvalue weighted by atomic mass is 9.33. The predicted octanol–water partition coefficient (Wildman–Crippen LogP) is 9.13. The van der Waals surface area contributed by atoms with Crippen LogP contribution < -0.4 is 0 Å². The van der Waals surface area contributed by atoms with E-state index in [0.717, 1.165) is 35.5 Å². The van der Waals surface area contributed by atoms with Gasteiger partial charge in [0.05, 0.1) is 0 Å². The van der Waals surface area contributed by atoms with Gasteiger partial charge < -0.3 is 0 Å². The summed E-state index contributed by atoms with van der Waals surface area (Å²) in [5.41, 5.74) is 3.00. The van der Waals surface area contributed by atoms with Crippen LogP contribution in [-0.4, -0.2) is 0 Å². The Morgan fingerprint density at radius 1 is 0.500 bits per heavy atom. The minimum absolute atomic E-state index is 0.566. The largest absolute Gasteiger partial charge is 0.0625 e. The number of rotatable bonds is 1. The fourth-order valence-corrected chi connectivity index (χ4v) is 12.5. The molecule has 0 heteroatoms. The summed E-state index contributed by atoms with van der Waals surface area (Å²) in [6.45, 7) is 21.3. The Kier molecular flexibility index (Phi) is 4.75. The molecule has 0 unspecified atom stereocenters. The first-order valence-electron chi connectivity index (χ1n) is 13.9. The van der Waals surface area contributed by atoms with Gasteiger partial charge in [-0.15, -0.1) is 0 Å². The molecule has 5 fully saturated rings. The molecule has 5 rings (SSSR count). The second-order valence-corrected chi connectivity index (χ2v) is 15.1. The van der Waals surface area contributed by atoms with Crippen LogP contribution >= 0.6 is 0 Å². The van der Waals surface area contributed by atoms with Gasteiger partial charge in [0.2, 0.25) is 0 Å². The first-order valence-corrected chi connectivity index (χ1v) is 13.9. The highest BCUT2D eigenvalue weighted by molar-refractivity contribution is 5.17. The topological polar surface area (TPSA) is 0 Å². The van der Waals surface area contributed by atoms with Crippen molar-refractivity contribution < 1.29 is 0 Å². The fourth-order valence-electron chi connectivity index (χ4n) is 12.5. The summed E-state index contributed by atoms with van der Waals surface area (Å²) in [6, 6.07) is 0. The number of hydrogen-bond acceptors (Lipinski definition) is 0. The molecule has 172 valence electrons. The lowest BCUT2D eigenvalue weighted by Crippen LogP contribution is -2.64. The van der Waals surface area contributed by atoms with Gasteiger partial charge in [0.15, 0.2) is 0 Å². The third kappa shape index (κ3) is 2.58. The predicted molar refractivity (Wildman–Crippen MR) is 129 cm³/mol. The van der Waals surface area contributed by atoms with E-state index in [1.54, 1.807) is 0 Å². The average Bonchev–Trinajstić information content (AvgIpc) is 2.99. The second-order valence-electron chi connectivity index (χ2n) is 15.1. The van der Waals surface area contributed by atoms with Crippen LogP contribution in [0.1, 0.15) is 126 Å². The van der Waals surface area contributed by atoms with E-state index < -0.39 is 0 Å². The van der Waals surface area contributed by atoms with Gasteiger partial charge in [-0.25, -0.2) is 0 Å². The van der Waals surface area contributed by atoms with Crippen molar-refractivity contribution in [2.75, 3.05) is 0 Å². The van der Waals surface area contributed by atoms with Crippen LogP contribution in [-0.2, 0) is 0 Å². The van der Waals surface area contributed by atoms with Crippen molar-refractivity contribution in [1.82, 2.24) is 0 Å². The molecule has 0 amide bonds. The summed E-state index contributed by atoms with van der Waals surface area (Å²) in [6.07, 6.45) is 16.7.